The van der Waals surface area contributed by atoms with Gasteiger partial charge in [0.2, 0.25) is 0 Å². The van der Waals surface area contributed by atoms with Gasteiger partial charge >= 0.3 is 11.7 Å². The van der Waals surface area contributed by atoms with Gasteiger partial charge in [-0.3, -0.25) is 9.36 Å². The molecule has 37 heavy (non-hydrogen) atoms. The molecule has 1 N–H and O–H groups in total. The van der Waals surface area contributed by atoms with Crippen LogP contribution >= 0.6 is 11.3 Å². The number of nitrogens with zero attached hydrogens (tertiary/aromatic N) is 3. The van der Waals surface area contributed by atoms with E-state index in [1.54, 1.807) is 20.1 Å². The summed E-state index contributed by atoms with van der Waals surface area (Å²) in [6.45, 7) is 5.33. The summed E-state index contributed by atoms with van der Waals surface area (Å²) in [5.74, 6) is -0.756. The number of carboxylic acids is 1. The van der Waals surface area contributed by atoms with Crippen LogP contribution in [0, 0.1) is 18.3 Å². The monoisotopic (exact) mass is 527 g/mol. The Morgan fingerprint density at radius 3 is 2.59 bits per heavy atom. The Hall–Kier alpha value is -3.46. The van der Waals surface area contributed by atoms with Crippen LogP contribution in [0.15, 0.2) is 33.9 Å². The fourth-order valence-electron chi connectivity index (χ4n) is 4.56. The lowest BCUT2D eigenvalue weighted by Gasteiger charge is -2.30. The van der Waals surface area contributed by atoms with Crippen molar-refractivity contribution in [3.05, 3.63) is 61.1 Å². The van der Waals surface area contributed by atoms with Crippen LogP contribution < -0.4 is 16.0 Å². The smallest absolute Gasteiger partial charge is 0.333 e. The highest BCUT2D eigenvalue weighted by Gasteiger charge is 2.36. The average Bonchev–Trinajstić information content (AvgIpc) is 3.22. The Bertz CT molecular complexity index is 1490. The maximum atomic E-state index is 13.9. The second kappa shape index (κ2) is 10.5. The minimum atomic E-state index is -1.83. The van der Waals surface area contributed by atoms with Gasteiger partial charge in [0.15, 0.2) is 0 Å². The number of thiophene rings is 1. The van der Waals surface area contributed by atoms with Crippen molar-refractivity contribution < 1.29 is 24.1 Å². The van der Waals surface area contributed by atoms with Crippen molar-refractivity contribution in [3.8, 4) is 11.8 Å². The van der Waals surface area contributed by atoms with E-state index in [0.29, 0.717) is 47.8 Å². The van der Waals surface area contributed by atoms with E-state index in [-0.39, 0.29) is 22.9 Å². The molecular weight excluding hydrogens is 498 g/mol. The zero-order chi connectivity index (χ0) is 26.9. The summed E-state index contributed by atoms with van der Waals surface area (Å²) in [5, 5.41) is 19.7. The SMILES string of the molecule is COc1ccccc1[C@@H](Cn1c(=O)n(C(C)(C)C(=O)O)c(=O)c2c(C)c(C#N)sc21)OC1CCOCC1. The Morgan fingerprint density at radius 2 is 1.97 bits per heavy atom. The van der Waals surface area contributed by atoms with Crippen LogP contribution in [0.3, 0.4) is 0 Å². The summed E-state index contributed by atoms with van der Waals surface area (Å²) in [6, 6.07) is 9.40. The largest absolute Gasteiger partial charge is 0.496 e. The van der Waals surface area contributed by atoms with Gasteiger partial charge in [-0.05, 0) is 45.2 Å². The van der Waals surface area contributed by atoms with Crippen molar-refractivity contribution in [2.75, 3.05) is 20.3 Å². The first kappa shape index (κ1) is 26.6. The van der Waals surface area contributed by atoms with Gasteiger partial charge in [-0.15, -0.1) is 11.3 Å². The maximum absolute atomic E-state index is 13.9. The van der Waals surface area contributed by atoms with Crippen molar-refractivity contribution in [2.45, 2.75) is 57.9 Å². The molecule has 0 saturated carbocycles. The fourth-order valence-corrected chi connectivity index (χ4v) is 5.66. The summed E-state index contributed by atoms with van der Waals surface area (Å²) < 4.78 is 19.7. The number of aliphatic carboxylic acids is 1. The topological polar surface area (TPSA) is 133 Å². The van der Waals surface area contributed by atoms with Crippen LogP contribution in [0.5, 0.6) is 5.75 Å². The van der Waals surface area contributed by atoms with Crippen molar-refractivity contribution in [2.24, 2.45) is 0 Å². The second-order valence-corrected chi connectivity index (χ2v) is 10.4. The normalized spacial score (nSPS) is 15.4. The van der Waals surface area contributed by atoms with Gasteiger partial charge in [-0.2, -0.15) is 5.26 Å². The van der Waals surface area contributed by atoms with Crippen LogP contribution in [-0.4, -0.2) is 46.6 Å². The fraction of sp³-hybridized carbons (Fsp3) is 0.462. The Balaban J connectivity index is 1.97. The number of aromatic nitrogens is 2. The molecule has 0 aliphatic carbocycles. The van der Waals surface area contributed by atoms with Gasteiger partial charge in [0.1, 0.15) is 33.2 Å². The number of methoxy groups -OCH3 is 1. The lowest BCUT2D eigenvalue weighted by molar-refractivity contribution is -0.146. The van der Waals surface area contributed by atoms with Crippen LogP contribution in [0.1, 0.15) is 48.8 Å². The van der Waals surface area contributed by atoms with Crippen LogP contribution in [0.25, 0.3) is 10.2 Å². The quantitative estimate of drug-likeness (QED) is 0.472. The maximum Gasteiger partial charge on any atom is 0.333 e. The van der Waals surface area contributed by atoms with Gasteiger partial charge in [0.25, 0.3) is 5.56 Å². The molecule has 4 rings (SSSR count). The second-order valence-electron chi connectivity index (χ2n) is 9.42. The minimum Gasteiger partial charge on any atom is -0.496 e. The third kappa shape index (κ3) is 4.80. The predicted molar refractivity (Wildman–Crippen MR) is 137 cm³/mol. The molecule has 0 radical (unpaired) electrons. The molecule has 3 heterocycles. The number of fused-ring (bicyclic) bond motifs is 1. The number of nitriles is 1. The summed E-state index contributed by atoms with van der Waals surface area (Å²) in [5.41, 5.74) is -2.23. The third-order valence-corrected chi connectivity index (χ3v) is 7.98. The van der Waals surface area contributed by atoms with Crippen molar-refractivity contribution in [3.63, 3.8) is 0 Å². The molecule has 1 aliphatic rings. The van der Waals surface area contributed by atoms with E-state index < -0.39 is 28.9 Å². The third-order valence-electron chi connectivity index (χ3n) is 6.76. The molecule has 196 valence electrons. The van der Waals surface area contributed by atoms with Crippen LogP contribution in [-0.2, 0) is 26.4 Å². The number of benzene rings is 1. The Labute approximate surface area is 217 Å². The van der Waals surface area contributed by atoms with Crippen LogP contribution in [0.4, 0.5) is 0 Å². The number of para-hydroxylation sites is 1. The first-order valence-electron chi connectivity index (χ1n) is 11.9. The predicted octanol–water partition coefficient (Wildman–Crippen LogP) is 3.17. The zero-order valence-electron chi connectivity index (χ0n) is 21.1. The Kier molecular flexibility index (Phi) is 7.54. The number of hydrogen-bond acceptors (Lipinski definition) is 8. The summed E-state index contributed by atoms with van der Waals surface area (Å²) in [4.78, 5) is 40.0. The van der Waals surface area contributed by atoms with Gasteiger partial charge in [0, 0.05) is 18.8 Å². The van der Waals surface area contributed by atoms with E-state index in [9.17, 15) is 24.8 Å². The molecule has 1 saturated heterocycles. The van der Waals surface area contributed by atoms with Crippen LogP contribution in [0.2, 0.25) is 0 Å². The van der Waals surface area contributed by atoms with Crippen molar-refractivity contribution >= 4 is 27.5 Å². The van der Waals surface area contributed by atoms with Gasteiger partial charge in [-0.1, -0.05) is 18.2 Å². The summed E-state index contributed by atoms with van der Waals surface area (Å²) in [6.07, 6.45) is 0.569. The molecule has 1 atom stereocenters. The standard InChI is InChI=1S/C26H29N3O7S/c1-15-20(13-27)37-23-21(15)22(30)29(26(2,3)24(31)32)25(33)28(23)14-19(36-16-9-11-35-12-10-16)17-7-5-6-8-18(17)34-4/h5-8,16,19H,9-12,14H2,1-4H3,(H,31,32)/t19-/m1/s1. The lowest BCUT2D eigenvalue weighted by atomic mass is 10.0. The highest BCUT2D eigenvalue weighted by atomic mass is 32.1. The molecule has 1 aliphatic heterocycles. The van der Waals surface area contributed by atoms with E-state index in [1.165, 1.54) is 18.4 Å². The summed E-state index contributed by atoms with van der Waals surface area (Å²) >= 11 is 1.03. The number of ether oxygens (including phenoxy) is 3. The number of carbonyl (C=O) groups is 1. The summed E-state index contributed by atoms with van der Waals surface area (Å²) in [7, 11) is 1.55. The molecule has 3 aromatic rings. The Morgan fingerprint density at radius 1 is 1.30 bits per heavy atom. The van der Waals surface area contributed by atoms with E-state index in [2.05, 4.69) is 6.07 Å². The van der Waals surface area contributed by atoms with E-state index in [1.807, 2.05) is 18.2 Å². The number of aryl methyl sites for hydroxylation is 1. The molecule has 0 bridgehead atoms. The zero-order valence-corrected chi connectivity index (χ0v) is 22.0. The minimum absolute atomic E-state index is 0.0200. The lowest BCUT2D eigenvalue weighted by Crippen LogP contribution is -2.52. The average molecular weight is 528 g/mol. The van der Waals surface area contributed by atoms with E-state index in [0.717, 1.165) is 15.9 Å². The molecule has 2 aromatic heterocycles. The highest BCUT2D eigenvalue weighted by Crippen LogP contribution is 2.34. The van der Waals surface area contributed by atoms with E-state index in [4.69, 9.17) is 14.2 Å². The molecule has 0 spiro atoms. The van der Waals surface area contributed by atoms with Gasteiger partial charge in [-0.25, -0.2) is 14.2 Å². The molecule has 10 nitrogen and oxygen atoms in total. The molecule has 1 aromatic carbocycles. The first-order chi connectivity index (χ1) is 17.6. The molecule has 1 fully saturated rings. The van der Waals surface area contributed by atoms with Crippen molar-refractivity contribution in [1.82, 2.24) is 9.13 Å². The number of carboxylic acid groups (broad SMARTS) is 1. The first-order valence-corrected chi connectivity index (χ1v) is 12.7. The highest BCUT2D eigenvalue weighted by molar-refractivity contribution is 7.19. The number of rotatable bonds is 8. The molecular formula is C26H29N3O7S. The molecule has 0 amide bonds. The van der Waals surface area contributed by atoms with Gasteiger partial charge in [0.05, 0.1) is 25.1 Å². The van der Waals surface area contributed by atoms with Crippen molar-refractivity contribution in [1.29, 1.82) is 5.26 Å². The van der Waals surface area contributed by atoms with Gasteiger partial charge < -0.3 is 19.3 Å². The number of hydrogen-bond donors (Lipinski definition) is 1. The molecule has 11 heteroatoms. The molecule has 0 unspecified atom stereocenters. The van der Waals surface area contributed by atoms with E-state index >= 15 is 0 Å².